The lowest BCUT2D eigenvalue weighted by molar-refractivity contribution is 0.260. The quantitative estimate of drug-likeness (QED) is 0.671. The van der Waals surface area contributed by atoms with Crippen molar-refractivity contribution in [1.82, 2.24) is 9.62 Å². The van der Waals surface area contributed by atoms with Crippen LogP contribution in [0, 0.1) is 0 Å². The molecule has 1 aromatic heterocycles. The number of rotatable bonds is 9. The number of hydrogen-bond acceptors (Lipinski definition) is 5. The van der Waals surface area contributed by atoms with E-state index < -0.39 is 10.0 Å². The van der Waals surface area contributed by atoms with Crippen LogP contribution in [0.5, 0.6) is 0 Å². The van der Waals surface area contributed by atoms with Gasteiger partial charge in [0, 0.05) is 35.9 Å². The number of nitrogens with zero attached hydrogens (tertiary/aromatic N) is 1. The van der Waals surface area contributed by atoms with E-state index >= 15 is 0 Å². The molecule has 0 aliphatic heterocycles. The highest BCUT2D eigenvalue weighted by molar-refractivity contribution is 7.89. The van der Waals surface area contributed by atoms with Gasteiger partial charge in [-0.2, -0.15) is 4.31 Å². The minimum Gasteiger partial charge on any atom is -0.395 e. The third-order valence-electron chi connectivity index (χ3n) is 3.09. The highest BCUT2D eigenvalue weighted by Crippen LogP contribution is 2.24. The summed E-state index contributed by atoms with van der Waals surface area (Å²) >= 11 is 1.44. The van der Waals surface area contributed by atoms with Crippen molar-refractivity contribution < 1.29 is 13.5 Å². The van der Waals surface area contributed by atoms with Crippen molar-refractivity contribution in [3.8, 4) is 0 Å². The first-order chi connectivity index (χ1) is 9.57. The Morgan fingerprint density at radius 1 is 1.55 bits per heavy atom. The van der Waals surface area contributed by atoms with Gasteiger partial charge in [0.2, 0.25) is 10.0 Å². The van der Waals surface area contributed by atoms with E-state index in [1.165, 1.54) is 34.6 Å². The molecule has 7 heteroatoms. The van der Waals surface area contributed by atoms with Gasteiger partial charge in [0.15, 0.2) is 0 Å². The molecule has 0 bridgehead atoms. The van der Waals surface area contributed by atoms with E-state index in [1.807, 2.05) is 0 Å². The molecule has 1 saturated carbocycles. The zero-order chi connectivity index (χ0) is 14.6. The molecule has 5 nitrogen and oxygen atoms in total. The molecular formula is C13H20N2O3S2. The van der Waals surface area contributed by atoms with Crippen LogP contribution in [-0.2, 0) is 16.6 Å². The Bertz CT molecular complexity index is 550. The van der Waals surface area contributed by atoms with Gasteiger partial charge in [-0.25, -0.2) is 8.42 Å². The normalized spacial score (nSPS) is 15.7. The van der Waals surface area contributed by atoms with E-state index in [2.05, 4.69) is 11.9 Å². The Morgan fingerprint density at radius 3 is 2.90 bits per heavy atom. The largest absolute Gasteiger partial charge is 0.395 e. The molecule has 1 aliphatic rings. The smallest absolute Gasteiger partial charge is 0.244 e. The molecule has 1 aliphatic carbocycles. The van der Waals surface area contributed by atoms with Gasteiger partial charge in [-0.1, -0.05) is 6.08 Å². The number of aliphatic hydroxyl groups excluding tert-OH is 1. The maximum atomic E-state index is 12.4. The van der Waals surface area contributed by atoms with Crippen LogP contribution < -0.4 is 5.32 Å². The summed E-state index contributed by atoms with van der Waals surface area (Å²) in [6.45, 7) is 4.36. The van der Waals surface area contributed by atoms with Crippen LogP contribution in [0.1, 0.15) is 17.7 Å². The second-order valence-corrected chi connectivity index (χ2v) is 7.71. The fraction of sp³-hybridized carbons (Fsp3) is 0.538. The van der Waals surface area contributed by atoms with Crippen LogP contribution in [0.25, 0.3) is 0 Å². The van der Waals surface area contributed by atoms with Crippen molar-refractivity contribution in [2.45, 2.75) is 30.3 Å². The average molecular weight is 316 g/mol. The monoisotopic (exact) mass is 316 g/mol. The van der Waals surface area contributed by atoms with Crippen molar-refractivity contribution in [2.24, 2.45) is 0 Å². The minimum atomic E-state index is -3.54. The number of sulfonamides is 1. The predicted octanol–water partition coefficient (Wildman–Crippen LogP) is 1.17. The van der Waals surface area contributed by atoms with Gasteiger partial charge >= 0.3 is 0 Å². The molecular weight excluding hydrogens is 296 g/mol. The maximum Gasteiger partial charge on any atom is 0.244 e. The Morgan fingerprint density at radius 2 is 2.30 bits per heavy atom. The zero-order valence-corrected chi connectivity index (χ0v) is 12.9. The summed E-state index contributed by atoms with van der Waals surface area (Å²) in [4.78, 5) is 1.31. The summed E-state index contributed by atoms with van der Waals surface area (Å²) in [6, 6.07) is 2.31. The Labute approximate surface area is 124 Å². The molecule has 1 aromatic rings. The molecule has 1 heterocycles. The molecule has 0 radical (unpaired) electrons. The van der Waals surface area contributed by atoms with E-state index in [0.717, 1.165) is 4.88 Å². The van der Waals surface area contributed by atoms with Crippen LogP contribution >= 0.6 is 11.3 Å². The van der Waals surface area contributed by atoms with Crippen LogP contribution in [0.15, 0.2) is 29.0 Å². The predicted molar refractivity (Wildman–Crippen MR) is 80.2 cm³/mol. The van der Waals surface area contributed by atoms with Crippen molar-refractivity contribution in [2.75, 3.05) is 19.7 Å². The lowest BCUT2D eigenvalue weighted by Crippen LogP contribution is -2.33. The van der Waals surface area contributed by atoms with Crippen molar-refractivity contribution in [3.63, 3.8) is 0 Å². The average Bonchev–Trinajstić information content (AvgIpc) is 3.12. The molecule has 0 spiro atoms. The van der Waals surface area contributed by atoms with Gasteiger partial charge in [0.1, 0.15) is 0 Å². The number of nitrogens with one attached hydrogen (secondary N) is 1. The number of thiophene rings is 1. The molecule has 0 atom stereocenters. The first-order valence-corrected chi connectivity index (χ1v) is 8.92. The van der Waals surface area contributed by atoms with Gasteiger partial charge in [0.05, 0.1) is 11.5 Å². The molecule has 0 aromatic carbocycles. The lowest BCUT2D eigenvalue weighted by Gasteiger charge is -2.18. The summed E-state index contributed by atoms with van der Waals surface area (Å²) in [6.07, 6.45) is 3.94. The first-order valence-electron chi connectivity index (χ1n) is 6.60. The molecule has 1 fully saturated rings. The summed E-state index contributed by atoms with van der Waals surface area (Å²) in [5.41, 5.74) is 0. The summed E-state index contributed by atoms with van der Waals surface area (Å²) in [5, 5.41) is 14.0. The first kappa shape index (κ1) is 15.7. The third-order valence-corrected chi connectivity index (χ3v) is 6.02. The van der Waals surface area contributed by atoms with E-state index in [-0.39, 0.29) is 19.7 Å². The maximum absolute atomic E-state index is 12.4. The second kappa shape index (κ2) is 6.82. The van der Waals surface area contributed by atoms with E-state index in [9.17, 15) is 8.42 Å². The summed E-state index contributed by atoms with van der Waals surface area (Å²) in [7, 11) is -3.54. The van der Waals surface area contributed by atoms with E-state index in [4.69, 9.17) is 5.11 Å². The zero-order valence-electron chi connectivity index (χ0n) is 11.3. The van der Waals surface area contributed by atoms with Gasteiger partial charge in [-0.15, -0.1) is 17.9 Å². The highest BCUT2D eigenvalue weighted by Gasteiger charge is 2.25. The highest BCUT2D eigenvalue weighted by atomic mass is 32.2. The van der Waals surface area contributed by atoms with Gasteiger partial charge < -0.3 is 10.4 Å². The lowest BCUT2D eigenvalue weighted by atomic mass is 10.4. The SMILES string of the molecule is C=CCN(CCO)S(=O)(=O)c1csc(CNC2CC2)c1. The van der Waals surface area contributed by atoms with Gasteiger partial charge in [0.25, 0.3) is 0 Å². The Kier molecular flexibility index (Phi) is 5.34. The van der Waals surface area contributed by atoms with Crippen molar-refractivity contribution in [3.05, 3.63) is 29.0 Å². The number of hydrogen-bond donors (Lipinski definition) is 2. The van der Waals surface area contributed by atoms with Crippen LogP contribution in [0.3, 0.4) is 0 Å². The van der Waals surface area contributed by atoms with Crippen LogP contribution in [0.4, 0.5) is 0 Å². The van der Waals surface area contributed by atoms with Crippen molar-refractivity contribution >= 4 is 21.4 Å². The van der Waals surface area contributed by atoms with Crippen LogP contribution in [-0.4, -0.2) is 43.6 Å². The van der Waals surface area contributed by atoms with Crippen LogP contribution in [0.2, 0.25) is 0 Å². The molecule has 0 unspecified atom stereocenters. The Balaban J connectivity index is 2.08. The Hall–Kier alpha value is -0.730. The standard InChI is InChI=1S/C13H20N2O3S2/c1-2-5-15(6-7-16)20(17,18)13-8-12(19-10-13)9-14-11-3-4-11/h2,8,10-11,14,16H,1,3-7,9H2. The fourth-order valence-corrected chi connectivity index (χ4v) is 4.45. The summed E-state index contributed by atoms with van der Waals surface area (Å²) in [5.74, 6) is 0. The second-order valence-electron chi connectivity index (χ2n) is 4.78. The van der Waals surface area contributed by atoms with E-state index in [1.54, 1.807) is 11.4 Å². The molecule has 2 rings (SSSR count). The third kappa shape index (κ3) is 3.89. The van der Waals surface area contributed by atoms with Crippen molar-refractivity contribution in [1.29, 1.82) is 0 Å². The fourth-order valence-electron chi connectivity index (χ4n) is 1.84. The van der Waals surface area contributed by atoms with E-state index in [0.29, 0.717) is 17.5 Å². The number of aliphatic hydroxyl groups is 1. The molecule has 112 valence electrons. The topological polar surface area (TPSA) is 69.6 Å². The van der Waals surface area contributed by atoms with Gasteiger partial charge in [-0.05, 0) is 18.9 Å². The molecule has 20 heavy (non-hydrogen) atoms. The molecule has 0 amide bonds. The van der Waals surface area contributed by atoms with Gasteiger partial charge in [-0.3, -0.25) is 0 Å². The molecule has 0 saturated heterocycles. The molecule has 2 N–H and O–H groups in total. The summed E-state index contributed by atoms with van der Waals surface area (Å²) < 4.78 is 26.1. The minimum absolute atomic E-state index is 0.0832.